The molecule has 0 saturated carbocycles. The van der Waals surface area contributed by atoms with E-state index in [1.165, 1.54) is 0 Å². The van der Waals surface area contributed by atoms with Gasteiger partial charge in [0.25, 0.3) is 0 Å². The minimum absolute atomic E-state index is 0.275. The lowest BCUT2D eigenvalue weighted by Crippen LogP contribution is -2.39. The zero-order valence-corrected chi connectivity index (χ0v) is 13.5. The van der Waals surface area contributed by atoms with E-state index in [0.717, 1.165) is 23.4 Å². The van der Waals surface area contributed by atoms with Crippen molar-refractivity contribution in [3.63, 3.8) is 0 Å². The van der Waals surface area contributed by atoms with Crippen LogP contribution in [0, 0.1) is 18.8 Å². The molecule has 2 rings (SSSR count). The average molecular weight is 299 g/mol. The van der Waals surface area contributed by atoms with Crippen LogP contribution >= 0.6 is 0 Å². The van der Waals surface area contributed by atoms with Crippen LogP contribution in [-0.2, 0) is 4.74 Å². The van der Waals surface area contributed by atoms with Crippen LogP contribution in [0.2, 0.25) is 0 Å². The minimum atomic E-state index is -0.466. The number of nitrogens with zero attached hydrogens (tertiary/aromatic N) is 3. The van der Waals surface area contributed by atoms with Crippen molar-refractivity contribution in [1.82, 2.24) is 14.9 Å². The van der Waals surface area contributed by atoms with E-state index in [0.29, 0.717) is 13.1 Å². The Labute approximate surface area is 131 Å². The van der Waals surface area contributed by atoms with Crippen LogP contribution in [0.3, 0.4) is 0 Å². The van der Waals surface area contributed by atoms with Crippen molar-refractivity contribution in [1.29, 1.82) is 0 Å². The molecule has 2 heterocycles. The second kappa shape index (κ2) is 6.61. The molecule has 1 amide bonds. The standard InChI is InChI=1S/C17H21N3O2/c1-13-18-11-15(12-19-13)6-5-14-7-9-20(10-8-14)16(21)22-17(2,3)4/h7,11-12H,8-10H2,1-4H3. The second-order valence-electron chi connectivity index (χ2n) is 6.17. The summed E-state index contributed by atoms with van der Waals surface area (Å²) in [6, 6.07) is 0. The summed E-state index contributed by atoms with van der Waals surface area (Å²) in [4.78, 5) is 21.9. The lowest BCUT2D eigenvalue weighted by atomic mass is 10.1. The molecule has 0 bridgehead atoms. The van der Waals surface area contributed by atoms with E-state index in [2.05, 4.69) is 21.8 Å². The molecule has 0 saturated heterocycles. The molecule has 1 aromatic rings. The summed E-state index contributed by atoms with van der Waals surface area (Å²) in [7, 11) is 0. The molecule has 22 heavy (non-hydrogen) atoms. The van der Waals surface area contributed by atoms with Crippen LogP contribution in [0.5, 0.6) is 0 Å². The summed E-state index contributed by atoms with van der Waals surface area (Å²) in [6.45, 7) is 8.59. The highest BCUT2D eigenvalue weighted by atomic mass is 16.6. The van der Waals surface area contributed by atoms with Gasteiger partial charge in [0.2, 0.25) is 0 Å². The van der Waals surface area contributed by atoms with Crippen LogP contribution in [0.25, 0.3) is 0 Å². The Morgan fingerprint density at radius 3 is 2.50 bits per heavy atom. The Kier molecular flexibility index (Phi) is 4.81. The van der Waals surface area contributed by atoms with Gasteiger partial charge in [0.05, 0.1) is 5.56 Å². The van der Waals surface area contributed by atoms with Gasteiger partial charge < -0.3 is 9.64 Å². The molecule has 5 heteroatoms. The fraction of sp³-hybridized carbons (Fsp3) is 0.471. The van der Waals surface area contributed by atoms with Gasteiger partial charge in [-0.25, -0.2) is 14.8 Å². The van der Waals surface area contributed by atoms with Gasteiger partial charge in [-0.15, -0.1) is 0 Å². The molecule has 1 aromatic heterocycles. The van der Waals surface area contributed by atoms with Crippen LogP contribution in [0.1, 0.15) is 38.6 Å². The van der Waals surface area contributed by atoms with Gasteiger partial charge >= 0.3 is 6.09 Å². The molecule has 116 valence electrons. The fourth-order valence-corrected chi connectivity index (χ4v) is 1.88. The SMILES string of the molecule is Cc1ncc(C#CC2=CCN(C(=O)OC(C)(C)C)CC2)cn1. The van der Waals surface area contributed by atoms with Crippen molar-refractivity contribution in [3.8, 4) is 11.8 Å². The normalized spacial score (nSPS) is 14.7. The average Bonchev–Trinajstić information content (AvgIpc) is 2.45. The number of aryl methyl sites for hydroxylation is 1. The summed E-state index contributed by atoms with van der Waals surface area (Å²) in [5.74, 6) is 6.90. The molecule has 0 unspecified atom stereocenters. The molecule has 0 radical (unpaired) electrons. The van der Waals surface area contributed by atoms with Crippen LogP contribution in [-0.4, -0.2) is 39.7 Å². The first kappa shape index (κ1) is 16.0. The van der Waals surface area contributed by atoms with E-state index >= 15 is 0 Å². The number of amides is 1. The number of carbonyl (C=O) groups excluding carboxylic acids is 1. The van der Waals surface area contributed by atoms with Gasteiger partial charge in [-0.2, -0.15) is 0 Å². The molecule has 0 atom stereocenters. The van der Waals surface area contributed by atoms with E-state index in [1.54, 1.807) is 17.3 Å². The zero-order valence-electron chi connectivity index (χ0n) is 13.5. The topological polar surface area (TPSA) is 55.3 Å². The van der Waals surface area contributed by atoms with Gasteiger partial charge in [0, 0.05) is 31.1 Å². The molecule has 0 fully saturated rings. The molecule has 0 aliphatic carbocycles. The third kappa shape index (κ3) is 4.88. The highest BCUT2D eigenvalue weighted by Gasteiger charge is 2.23. The maximum absolute atomic E-state index is 12.0. The van der Waals surface area contributed by atoms with E-state index in [9.17, 15) is 4.79 Å². The molecular formula is C17H21N3O2. The van der Waals surface area contributed by atoms with E-state index in [-0.39, 0.29) is 6.09 Å². The maximum atomic E-state index is 12.0. The van der Waals surface area contributed by atoms with E-state index in [1.807, 2.05) is 33.8 Å². The molecule has 1 aliphatic rings. The monoisotopic (exact) mass is 299 g/mol. The van der Waals surface area contributed by atoms with Gasteiger partial charge in [-0.1, -0.05) is 17.9 Å². The molecule has 5 nitrogen and oxygen atoms in total. The highest BCUT2D eigenvalue weighted by Crippen LogP contribution is 2.15. The Hall–Kier alpha value is -2.35. The summed E-state index contributed by atoms with van der Waals surface area (Å²) in [5, 5.41) is 0. The first-order chi connectivity index (χ1) is 10.3. The number of rotatable bonds is 0. The Bertz CT molecular complexity index is 631. The Morgan fingerprint density at radius 2 is 1.95 bits per heavy atom. The van der Waals surface area contributed by atoms with Crippen molar-refractivity contribution in [2.75, 3.05) is 13.1 Å². The number of hydrogen-bond acceptors (Lipinski definition) is 4. The summed E-state index contributed by atoms with van der Waals surface area (Å²) < 4.78 is 5.36. The second-order valence-corrected chi connectivity index (χ2v) is 6.17. The van der Waals surface area contributed by atoms with Crippen molar-refractivity contribution in [3.05, 3.63) is 35.4 Å². The number of aromatic nitrogens is 2. The predicted molar refractivity (Wildman–Crippen MR) is 84.2 cm³/mol. The van der Waals surface area contributed by atoms with Gasteiger partial charge in [-0.3, -0.25) is 0 Å². The lowest BCUT2D eigenvalue weighted by Gasteiger charge is -2.28. The first-order valence-electron chi connectivity index (χ1n) is 7.31. The van der Waals surface area contributed by atoms with Crippen LogP contribution in [0.4, 0.5) is 4.79 Å². The molecule has 0 spiro atoms. The number of ether oxygens (including phenoxy) is 1. The maximum Gasteiger partial charge on any atom is 0.410 e. The van der Waals surface area contributed by atoms with Gasteiger partial charge in [0.1, 0.15) is 11.4 Å². The lowest BCUT2D eigenvalue weighted by molar-refractivity contribution is 0.0267. The molecule has 1 aliphatic heterocycles. The highest BCUT2D eigenvalue weighted by molar-refractivity contribution is 5.68. The van der Waals surface area contributed by atoms with Crippen LogP contribution < -0.4 is 0 Å². The quantitative estimate of drug-likeness (QED) is 0.691. The minimum Gasteiger partial charge on any atom is -0.444 e. The summed E-state index contributed by atoms with van der Waals surface area (Å²) in [6.07, 6.45) is 5.86. The van der Waals surface area contributed by atoms with Crippen molar-refractivity contribution < 1.29 is 9.53 Å². The first-order valence-corrected chi connectivity index (χ1v) is 7.31. The fourth-order valence-electron chi connectivity index (χ4n) is 1.88. The molecule has 0 aromatic carbocycles. The van der Waals surface area contributed by atoms with E-state index in [4.69, 9.17) is 4.74 Å². The van der Waals surface area contributed by atoms with Gasteiger partial charge in [0.15, 0.2) is 0 Å². The van der Waals surface area contributed by atoms with Crippen LogP contribution in [0.15, 0.2) is 24.0 Å². The predicted octanol–water partition coefficient (Wildman–Crippen LogP) is 2.70. The summed E-state index contributed by atoms with van der Waals surface area (Å²) in [5.41, 5.74) is 1.35. The summed E-state index contributed by atoms with van der Waals surface area (Å²) >= 11 is 0. The Balaban J connectivity index is 1.95. The van der Waals surface area contributed by atoms with Crippen molar-refractivity contribution in [2.24, 2.45) is 0 Å². The number of hydrogen-bond donors (Lipinski definition) is 0. The van der Waals surface area contributed by atoms with Gasteiger partial charge in [-0.05, 0) is 34.1 Å². The largest absolute Gasteiger partial charge is 0.444 e. The van der Waals surface area contributed by atoms with Crippen molar-refractivity contribution in [2.45, 2.75) is 39.7 Å². The third-order valence-corrected chi connectivity index (χ3v) is 3.01. The number of carbonyl (C=O) groups is 1. The zero-order chi connectivity index (χ0) is 16.2. The molecular weight excluding hydrogens is 278 g/mol. The van der Waals surface area contributed by atoms with Crippen molar-refractivity contribution >= 4 is 6.09 Å². The third-order valence-electron chi connectivity index (χ3n) is 3.01. The molecule has 0 N–H and O–H groups in total. The smallest absolute Gasteiger partial charge is 0.410 e. The van der Waals surface area contributed by atoms with E-state index < -0.39 is 5.60 Å². The Morgan fingerprint density at radius 1 is 1.27 bits per heavy atom.